The number of benzene rings is 1. The second-order valence-electron chi connectivity index (χ2n) is 4.82. The number of phenolic OH excluding ortho intramolecular Hbond substituents is 1. The Hall–Kier alpha value is -1.26. The highest BCUT2D eigenvalue weighted by Crippen LogP contribution is 2.19. The van der Waals surface area contributed by atoms with Gasteiger partial charge in [-0.1, -0.05) is 6.07 Å². The molecule has 104 valence electrons. The van der Waals surface area contributed by atoms with Crippen LogP contribution in [0.2, 0.25) is 0 Å². The van der Waals surface area contributed by atoms with Gasteiger partial charge < -0.3 is 10.0 Å². The normalized spacial score (nSPS) is 16.6. The number of alkyl halides is 1. The molecule has 1 amide bonds. The number of carbonyl (C=O) groups is 1. The Morgan fingerprint density at radius 3 is 2.58 bits per heavy atom. The Kier molecular flexibility index (Phi) is 4.66. The summed E-state index contributed by atoms with van der Waals surface area (Å²) >= 11 is 5.71. The Labute approximate surface area is 118 Å². The van der Waals surface area contributed by atoms with Crippen molar-refractivity contribution in [2.75, 3.05) is 38.6 Å². The number of carbonyl (C=O) groups excluding carboxylic acids is 1. The molecule has 0 saturated carbocycles. The van der Waals surface area contributed by atoms with Crippen LogP contribution in [0.4, 0.5) is 0 Å². The zero-order valence-corrected chi connectivity index (χ0v) is 11.9. The van der Waals surface area contributed by atoms with Crippen LogP contribution in [0.25, 0.3) is 0 Å². The molecule has 0 spiro atoms. The Morgan fingerprint density at radius 2 is 2.00 bits per heavy atom. The topological polar surface area (TPSA) is 43.8 Å². The minimum absolute atomic E-state index is 0.0131. The van der Waals surface area contributed by atoms with E-state index in [0.29, 0.717) is 24.5 Å². The molecular formula is C14H19ClN2O2. The van der Waals surface area contributed by atoms with Gasteiger partial charge in [-0.25, -0.2) is 0 Å². The van der Waals surface area contributed by atoms with E-state index in [9.17, 15) is 9.90 Å². The molecule has 4 nitrogen and oxygen atoms in total. The summed E-state index contributed by atoms with van der Waals surface area (Å²) in [6.45, 7) is 5.82. The van der Waals surface area contributed by atoms with E-state index in [1.807, 2.05) is 11.8 Å². The highest BCUT2D eigenvalue weighted by atomic mass is 35.5. The molecule has 0 atom stereocenters. The van der Waals surface area contributed by atoms with Gasteiger partial charge in [0, 0.05) is 44.2 Å². The monoisotopic (exact) mass is 282 g/mol. The van der Waals surface area contributed by atoms with Gasteiger partial charge in [-0.15, -0.1) is 11.6 Å². The van der Waals surface area contributed by atoms with Gasteiger partial charge in [0.25, 0.3) is 5.91 Å². The first-order valence-electron chi connectivity index (χ1n) is 6.49. The van der Waals surface area contributed by atoms with Crippen molar-refractivity contribution < 1.29 is 9.90 Å². The minimum Gasteiger partial charge on any atom is -0.508 e. The lowest BCUT2D eigenvalue weighted by Gasteiger charge is -2.34. The number of rotatable bonds is 3. The van der Waals surface area contributed by atoms with Crippen molar-refractivity contribution in [2.24, 2.45) is 0 Å². The van der Waals surface area contributed by atoms with E-state index >= 15 is 0 Å². The van der Waals surface area contributed by atoms with Crippen molar-refractivity contribution in [3.05, 3.63) is 29.3 Å². The van der Waals surface area contributed by atoms with Crippen molar-refractivity contribution in [1.29, 1.82) is 0 Å². The van der Waals surface area contributed by atoms with Crippen LogP contribution in [-0.4, -0.2) is 59.4 Å². The number of phenols is 1. The summed E-state index contributed by atoms with van der Waals surface area (Å²) in [4.78, 5) is 16.4. The van der Waals surface area contributed by atoms with Crippen molar-refractivity contribution in [2.45, 2.75) is 6.92 Å². The third-order valence-electron chi connectivity index (χ3n) is 3.52. The number of halogens is 1. The number of hydrogen-bond acceptors (Lipinski definition) is 3. The molecule has 1 aliphatic rings. The molecule has 0 aromatic heterocycles. The van der Waals surface area contributed by atoms with Crippen LogP contribution in [0, 0.1) is 6.92 Å². The van der Waals surface area contributed by atoms with Crippen LogP contribution >= 0.6 is 11.6 Å². The molecule has 0 unspecified atom stereocenters. The van der Waals surface area contributed by atoms with Gasteiger partial charge in [0.15, 0.2) is 0 Å². The predicted octanol–water partition coefficient (Wildman–Crippen LogP) is 1.70. The fraction of sp³-hybridized carbons (Fsp3) is 0.500. The first-order chi connectivity index (χ1) is 9.11. The van der Waals surface area contributed by atoms with Crippen LogP contribution in [0.15, 0.2) is 18.2 Å². The highest BCUT2D eigenvalue weighted by molar-refractivity contribution is 6.18. The molecule has 0 aliphatic carbocycles. The second kappa shape index (κ2) is 6.26. The fourth-order valence-corrected chi connectivity index (χ4v) is 2.46. The summed E-state index contributed by atoms with van der Waals surface area (Å²) in [6.07, 6.45) is 0. The number of aryl methyl sites for hydroxylation is 1. The first kappa shape index (κ1) is 14.2. The zero-order chi connectivity index (χ0) is 13.8. The van der Waals surface area contributed by atoms with Gasteiger partial charge >= 0.3 is 0 Å². The van der Waals surface area contributed by atoms with E-state index in [0.717, 1.165) is 25.2 Å². The van der Waals surface area contributed by atoms with Crippen LogP contribution < -0.4 is 0 Å². The molecule has 1 aromatic carbocycles. The quantitative estimate of drug-likeness (QED) is 0.858. The summed E-state index contributed by atoms with van der Waals surface area (Å²) in [5, 5.41) is 9.67. The number of hydrogen-bond donors (Lipinski definition) is 1. The Balaban J connectivity index is 1.99. The molecule has 19 heavy (non-hydrogen) atoms. The van der Waals surface area contributed by atoms with E-state index in [1.165, 1.54) is 0 Å². The average Bonchev–Trinajstić information content (AvgIpc) is 2.42. The second-order valence-corrected chi connectivity index (χ2v) is 5.20. The van der Waals surface area contributed by atoms with Gasteiger partial charge in [-0.2, -0.15) is 0 Å². The molecule has 1 aliphatic heterocycles. The molecular weight excluding hydrogens is 264 g/mol. The Morgan fingerprint density at radius 1 is 1.32 bits per heavy atom. The maximum absolute atomic E-state index is 12.3. The smallest absolute Gasteiger partial charge is 0.254 e. The largest absolute Gasteiger partial charge is 0.508 e. The number of aromatic hydroxyl groups is 1. The van der Waals surface area contributed by atoms with E-state index in [1.54, 1.807) is 18.2 Å². The van der Waals surface area contributed by atoms with Crippen molar-refractivity contribution >= 4 is 17.5 Å². The van der Waals surface area contributed by atoms with Crippen molar-refractivity contribution in [3.63, 3.8) is 0 Å². The van der Waals surface area contributed by atoms with E-state index in [2.05, 4.69) is 4.90 Å². The molecule has 1 aromatic rings. The van der Waals surface area contributed by atoms with Crippen molar-refractivity contribution in [1.82, 2.24) is 9.80 Å². The lowest BCUT2D eigenvalue weighted by Crippen LogP contribution is -2.49. The molecule has 1 saturated heterocycles. The lowest BCUT2D eigenvalue weighted by molar-refractivity contribution is 0.0644. The van der Waals surface area contributed by atoms with Gasteiger partial charge in [0.1, 0.15) is 5.75 Å². The third kappa shape index (κ3) is 3.39. The SMILES string of the molecule is Cc1ccc(C(=O)N2CCN(CCCl)CC2)cc1O. The van der Waals surface area contributed by atoms with Crippen LogP contribution in [0.1, 0.15) is 15.9 Å². The molecule has 2 rings (SSSR count). The minimum atomic E-state index is -0.0131. The maximum Gasteiger partial charge on any atom is 0.254 e. The van der Waals surface area contributed by atoms with E-state index in [4.69, 9.17) is 11.6 Å². The molecule has 0 bridgehead atoms. The number of amides is 1. The average molecular weight is 283 g/mol. The zero-order valence-electron chi connectivity index (χ0n) is 11.1. The van der Waals surface area contributed by atoms with E-state index in [-0.39, 0.29) is 11.7 Å². The van der Waals surface area contributed by atoms with Gasteiger partial charge in [0.05, 0.1) is 0 Å². The molecule has 1 fully saturated rings. The van der Waals surface area contributed by atoms with E-state index < -0.39 is 0 Å². The summed E-state index contributed by atoms with van der Waals surface area (Å²) in [6, 6.07) is 5.08. The third-order valence-corrected chi connectivity index (χ3v) is 3.69. The van der Waals surface area contributed by atoms with Crippen LogP contribution in [-0.2, 0) is 0 Å². The summed E-state index contributed by atoms with van der Waals surface area (Å²) < 4.78 is 0. The fourth-order valence-electron chi connectivity index (χ4n) is 2.22. The van der Waals surface area contributed by atoms with Gasteiger partial charge in [-0.3, -0.25) is 9.69 Å². The number of piperazine rings is 1. The van der Waals surface area contributed by atoms with Gasteiger partial charge in [0.2, 0.25) is 0 Å². The standard InChI is InChI=1S/C14H19ClN2O2/c1-11-2-3-12(10-13(11)18)14(19)17-8-6-16(5-4-15)7-9-17/h2-3,10,18H,4-9H2,1H3. The summed E-state index contributed by atoms with van der Waals surface area (Å²) in [7, 11) is 0. The van der Waals surface area contributed by atoms with Crippen LogP contribution in [0.3, 0.4) is 0 Å². The molecule has 1 N–H and O–H groups in total. The highest BCUT2D eigenvalue weighted by Gasteiger charge is 2.22. The molecule has 5 heteroatoms. The maximum atomic E-state index is 12.3. The van der Waals surface area contributed by atoms with Gasteiger partial charge in [-0.05, 0) is 24.6 Å². The molecule has 1 heterocycles. The molecule has 0 radical (unpaired) electrons. The van der Waals surface area contributed by atoms with Crippen molar-refractivity contribution in [3.8, 4) is 5.75 Å². The predicted molar refractivity (Wildman–Crippen MR) is 75.9 cm³/mol. The first-order valence-corrected chi connectivity index (χ1v) is 7.02. The van der Waals surface area contributed by atoms with Crippen LogP contribution in [0.5, 0.6) is 5.75 Å². The summed E-state index contributed by atoms with van der Waals surface area (Å²) in [5.41, 5.74) is 1.33. The number of nitrogens with zero attached hydrogens (tertiary/aromatic N) is 2. The lowest BCUT2D eigenvalue weighted by atomic mass is 10.1. The summed E-state index contributed by atoms with van der Waals surface area (Å²) in [5.74, 6) is 0.784. The Bertz CT molecular complexity index is 457.